The molecule has 0 aliphatic carbocycles. The Morgan fingerprint density at radius 3 is 2.39 bits per heavy atom. The van der Waals surface area contributed by atoms with E-state index >= 15 is 0 Å². The van der Waals surface area contributed by atoms with Crippen LogP contribution in [0.1, 0.15) is 52.3 Å². The lowest BCUT2D eigenvalue weighted by molar-refractivity contribution is -0.121. The van der Waals surface area contributed by atoms with E-state index in [2.05, 4.69) is 15.3 Å². The van der Waals surface area contributed by atoms with E-state index in [1.54, 1.807) is 24.3 Å². The fourth-order valence-corrected chi connectivity index (χ4v) is 3.40. The summed E-state index contributed by atoms with van der Waals surface area (Å²) < 4.78 is 0. The zero-order chi connectivity index (χ0) is 19.7. The highest BCUT2D eigenvalue weighted by molar-refractivity contribution is 6.21. The molecule has 0 unspecified atom stereocenters. The number of para-hydroxylation sites is 2. The van der Waals surface area contributed by atoms with Crippen molar-refractivity contribution in [3.8, 4) is 0 Å². The van der Waals surface area contributed by atoms with E-state index in [9.17, 15) is 14.4 Å². The van der Waals surface area contributed by atoms with Gasteiger partial charge in [0.05, 0.1) is 28.2 Å². The number of carbonyl (C=O) groups excluding carboxylic acids is 3. The van der Waals surface area contributed by atoms with Gasteiger partial charge in [0.25, 0.3) is 11.8 Å². The van der Waals surface area contributed by atoms with Gasteiger partial charge in [-0.1, -0.05) is 24.3 Å². The van der Waals surface area contributed by atoms with E-state index in [0.717, 1.165) is 11.0 Å². The minimum absolute atomic E-state index is 0.149. The summed E-state index contributed by atoms with van der Waals surface area (Å²) in [5.41, 5.74) is 2.62. The van der Waals surface area contributed by atoms with Crippen LogP contribution < -0.4 is 5.32 Å². The van der Waals surface area contributed by atoms with E-state index in [1.807, 2.05) is 31.2 Å². The summed E-state index contributed by atoms with van der Waals surface area (Å²) in [5, 5.41) is 2.90. The Balaban J connectivity index is 1.30. The van der Waals surface area contributed by atoms with E-state index in [1.165, 1.54) is 4.90 Å². The highest BCUT2D eigenvalue weighted by Crippen LogP contribution is 2.22. The summed E-state index contributed by atoms with van der Waals surface area (Å²) in [6, 6.07) is 14.2. The average Bonchev–Trinajstić information content (AvgIpc) is 3.23. The maximum atomic E-state index is 12.3. The zero-order valence-corrected chi connectivity index (χ0v) is 15.4. The minimum Gasteiger partial charge on any atom is -0.346 e. The Kier molecular flexibility index (Phi) is 4.65. The van der Waals surface area contributed by atoms with Crippen LogP contribution in [0.3, 0.4) is 0 Å². The van der Waals surface area contributed by atoms with Gasteiger partial charge in [-0.25, -0.2) is 4.98 Å². The predicted octanol–water partition coefficient (Wildman–Crippen LogP) is 2.82. The molecule has 1 atom stereocenters. The number of aromatic amines is 1. The molecule has 1 aromatic heterocycles. The summed E-state index contributed by atoms with van der Waals surface area (Å²) in [4.78, 5) is 45.8. The lowest BCUT2D eigenvalue weighted by Crippen LogP contribution is -2.32. The number of fused-ring (bicyclic) bond motifs is 2. The number of H-pyrrole nitrogens is 1. The van der Waals surface area contributed by atoms with Crippen LogP contribution in [0.25, 0.3) is 11.0 Å². The summed E-state index contributed by atoms with van der Waals surface area (Å²) in [7, 11) is 0. The van der Waals surface area contributed by atoms with Gasteiger partial charge >= 0.3 is 0 Å². The molecular formula is C21H20N4O3. The monoisotopic (exact) mass is 376 g/mol. The lowest BCUT2D eigenvalue weighted by atomic mass is 10.1. The number of benzene rings is 2. The molecule has 142 valence electrons. The second-order valence-electron chi connectivity index (χ2n) is 6.84. The van der Waals surface area contributed by atoms with Crippen molar-refractivity contribution in [2.45, 2.75) is 25.8 Å². The topological polar surface area (TPSA) is 95.2 Å². The van der Waals surface area contributed by atoms with Gasteiger partial charge in [0.2, 0.25) is 5.91 Å². The number of nitrogens with one attached hydrogen (secondary N) is 2. The zero-order valence-electron chi connectivity index (χ0n) is 15.4. The van der Waals surface area contributed by atoms with Crippen molar-refractivity contribution in [1.82, 2.24) is 20.2 Å². The Bertz CT molecular complexity index is 1000. The van der Waals surface area contributed by atoms with Crippen LogP contribution in [0.15, 0.2) is 48.5 Å². The molecule has 0 fully saturated rings. The van der Waals surface area contributed by atoms with Crippen molar-refractivity contribution in [2.75, 3.05) is 6.54 Å². The number of nitrogens with zero attached hydrogens (tertiary/aromatic N) is 2. The second-order valence-corrected chi connectivity index (χ2v) is 6.84. The molecule has 3 amide bonds. The van der Waals surface area contributed by atoms with Crippen LogP contribution in [-0.4, -0.2) is 39.1 Å². The second kappa shape index (κ2) is 7.26. The molecule has 3 aromatic rings. The molecule has 7 heteroatoms. The first-order chi connectivity index (χ1) is 13.5. The molecular weight excluding hydrogens is 356 g/mol. The maximum absolute atomic E-state index is 12.3. The van der Waals surface area contributed by atoms with Crippen LogP contribution in [-0.2, 0) is 4.79 Å². The highest BCUT2D eigenvalue weighted by atomic mass is 16.2. The molecule has 7 nitrogen and oxygen atoms in total. The minimum atomic E-state index is -0.295. The summed E-state index contributed by atoms with van der Waals surface area (Å²) in [6.07, 6.45) is 0.627. The number of imide groups is 1. The van der Waals surface area contributed by atoms with Crippen molar-refractivity contribution in [2.24, 2.45) is 0 Å². The summed E-state index contributed by atoms with van der Waals surface area (Å²) in [6.45, 7) is 2.08. The van der Waals surface area contributed by atoms with E-state index in [0.29, 0.717) is 23.4 Å². The molecule has 0 bridgehead atoms. The Morgan fingerprint density at radius 1 is 1.07 bits per heavy atom. The first-order valence-electron chi connectivity index (χ1n) is 9.24. The predicted molar refractivity (Wildman–Crippen MR) is 104 cm³/mol. The molecule has 0 saturated heterocycles. The fourth-order valence-electron chi connectivity index (χ4n) is 3.40. The van der Waals surface area contributed by atoms with Gasteiger partial charge in [-0.05, 0) is 37.6 Å². The van der Waals surface area contributed by atoms with Crippen LogP contribution in [0.4, 0.5) is 0 Å². The van der Waals surface area contributed by atoms with Crippen LogP contribution in [0.2, 0.25) is 0 Å². The number of hydrogen-bond acceptors (Lipinski definition) is 4. The third-order valence-corrected chi connectivity index (χ3v) is 4.86. The van der Waals surface area contributed by atoms with Crippen LogP contribution in [0, 0.1) is 0 Å². The van der Waals surface area contributed by atoms with Gasteiger partial charge in [-0.3, -0.25) is 19.3 Å². The maximum Gasteiger partial charge on any atom is 0.261 e. The Hall–Kier alpha value is -3.48. The van der Waals surface area contributed by atoms with Crippen molar-refractivity contribution >= 4 is 28.8 Å². The van der Waals surface area contributed by atoms with Crippen molar-refractivity contribution in [3.63, 3.8) is 0 Å². The van der Waals surface area contributed by atoms with Gasteiger partial charge < -0.3 is 10.3 Å². The number of rotatable bonds is 6. The molecule has 0 saturated carbocycles. The van der Waals surface area contributed by atoms with Crippen LogP contribution in [0.5, 0.6) is 0 Å². The van der Waals surface area contributed by atoms with Gasteiger partial charge in [0.1, 0.15) is 5.82 Å². The molecule has 1 aliphatic rings. The highest BCUT2D eigenvalue weighted by Gasteiger charge is 2.34. The largest absolute Gasteiger partial charge is 0.346 e. The third kappa shape index (κ3) is 3.26. The number of hydrogen-bond donors (Lipinski definition) is 2. The first-order valence-corrected chi connectivity index (χ1v) is 9.24. The first kappa shape index (κ1) is 17.9. The van der Waals surface area contributed by atoms with Crippen LogP contribution >= 0.6 is 0 Å². The van der Waals surface area contributed by atoms with Gasteiger partial charge in [-0.2, -0.15) is 0 Å². The van der Waals surface area contributed by atoms with Gasteiger partial charge in [-0.15, -0.1) is 0 Å². The normalized spacial score (nSPS) is 14.4. The molecule has 28 heavy (non-hydrogen) atoms. The van der Waals surface area contributed by atoms with Gasteiger partial charge in [0, 0.05) is 13.0 Å². The van der Waals surface area contributed by atoms with E-state index in [4.69, 9.17) is 0 Å². The van der Waals surface area contributed by atoms with Crippen molar-refractivity contribution in [1.29, 1.82) is 0 Å². The third-order valence-electron chi connectivity index (χ3n) is 4.86. The molecule has 0 radical (unpaired) electrons. The van der Waals surface area contributed by atoms with Gasteiger partial charge in [0.15, 0.2) is 0 Å². The SMILES string of the molecule is C[C@@H](NC(=O)CCCN1C(=O)c2ccccc2C1=O)c1nc2ccccc2[nH]1. The molecule has 1 aliphatic heterocycles. The summed E-state index contributed by atoms with van der Waals surface area (Å²) >= 11 is 0. The van der Waals surface area contributed by atoms with Crippen molar-refractivity contribution < 1.29 is 14.4 Å². The number of carbonyl (C=O) groups is 3. The Morgan fingerprint density at radius 2 is 1.71 bits per heavy atom. The van der Waals surface area contributed by atoms with Crippen molar-refractivity contribution in [3.05, 3.63) is 65.5 Å². The Labute approximate surface area is 161 Å². The van der Waals surface area contributed by atoms with E-state index < -0.39 is 0 Å². The molecule has 0 spiro atoms. The molecule has 4 rings (SSSR count). The smallest absolute Gasteiger partial charge is 0.261 e. The standard InChI is InChI=1S/C21H20N4O3/c1-13(19-23-16-9-4-5-10-17(16)24-19)22-18(26)11-6-12-25-20(27)14-7-2-3-8-15(14)21(25)28/h2-5,7-10,13H,6,11-12H2,1H3,(H,22,26)(H,23,24)/t13-/m1/s1. The molecule has 2 heterocycles. The number of imidazole rings is 1. The fraction of sp³-hybridized carbons (Fsp3) is 0.238. The van der Waals surface area contributed by atoms with E-state index in [-0.39, 0.29) is 36.7 Å². The lowest BCUT2D eigenvalue weighted by Gasteiger charge is -2.14. The molecule has 2 N–H and O–H groups in total. The number of aromatic nitrogens is 2. The quantitative estimate of drug-likeness (QED) is 0.647. The summed E-state index contributed by atoms with van der Waals surface area (Å²) in [5.74, 6) is -0.0484. The average molecular weight is 376 g/mol. The number of amides is 3. The molecule has 2 aromatic carbocycles.